The van der Waals surface area contributed by atoms with Crippen molar-refractivity contribution in [2.75, 3.05) is 31.6 Å². The predicted molar refractivity (Wildman–Crippen MR) is 81.0 cm³/mol. The molecule has 6 nitrogen and oxygen atoms in total. The number of ether oxygens (including phenoxy) is 1. The molecule has 118 valence electrons. The fourth-order valence-corrected chi connectivity index (χ4v) is 3.32. The summed E-state index contributed by atoms with van der Waals surface area (Å²) in [7, 11) is 0. The maximum atomic E-state index is 12.4. The van der Waals surface area contributed by atoms with E-state index < -0.39 is 11.4 Å². The Labute approximate surface area is 133 Å². The molecular formula is C15H17ClN2O4. The third kappa shape index (κ3) is 2.64. The Balaban J connectivity index is 1.72. The second kappa shape index (κ2) is 5.78. The van der Waals surface area contributed by atoms with Gasteiger partial charge >= 0.3 is 12.0 Å². The Morgan fingerprint density at radius 1 is 1.36 bits per heavy atom. The van der Waals surface area contributed by atoms with Crippen LogP contribution in [0.2, 0.25) is 5.02 Å². The van der Waals surface area contributed by atoms with E-state index in [0.717, 1.165) is 0 Å². The van der Waals surface area contributed by atoms with E-state index in [-0.39, 0.29) is 18.5 Å². The number of aliphatic carboxylic acids is 1. The van der Waals surface area contributed by atoms with Gasteiger partial charge in [-0.25, -0.2) is 4.79 Å². The smallest absolute Gasteiger partial charge is 0.321 e. The average Bonchev–Trinajstić information content (AvgIpc) is 2.91. The molecule has 3 rings (SSSR count). The van der Waals surface area contributed by atoms with Crippen LogP contribution in [0.15, 0.2) is 24.3 Å². The quantitative estimate of drug-likeness (QED) is 0.875. The van der Waals surface area contributed by atoms with E-state index in [9.17, 15) is 14.7 Å². The summed E-state index contributed by atoms with van der Waals surface area (Å²) in [6, 6.07) is 6.50. The number of fused-ring (bicyclic) bond motifs is 1. The van der Waals surface area contributed by atoms with Crippen molar-refractivity contribution in [3.8, 4) is 0 Å². The van der Waals surface area contributed by atoms with Crippen LogP contribution in [0.4, 0.5) is 10.5 Å². The van der Waals surface area contributed by atoms with Gasteiger partial charge in [-0.2, -0.15) is 0 Å². The maximum Gasteiger partial charge on any atom is 0.321 e. The molecule has 0 radical (unpaired) electrons. The summed E-state index contributed by atoms with van der Waals surface area (Å²) in [5.74, 6) is -1.00. The van der Waals surface area contributed by atoms with Crippen LogP contribution in [-0.2, 0) is 9.53 Å². The molecule has 0 saturated carbocycles. The van der Waals surface area contributed by atoms with Gasteiger partial charge in [-0.05, 0) is 30.7 Å². The number of likely N-dealkylation sites (tertiary alicyclic amines) is 1. The van der Waals surface area contributed by atoms with E-state index in [1.807, 2.05) is 0 Å². The Morgan fingerprint density at radius 3 is 2.73 bits per heavy atom. The van der Waals surface area contributed by atoms with Crippen molar-refractivity contribution in [2.45, 2.75) is 6.42 Å². The Morgan fingerprint density at radius 2 is 2.09 bits per heavy atom. The molecule has 7 heteroatoms. The molecule has 2 atom stereocenters. The summed E-state index contributed by atoms with van der Waals surface area (Å²) in [4.78, 5) is 25.6. The number of hydrogen-bond donors (Lipinski definition) is 2. The first-order chi connectivity index (χ1) is 10.5. The molecular weight excluding hydrogens is 308 g/mol. The first kappa shape index (κ1) is 15.1. The van der Waals surface area contributed by atoms with Crippen LogP contribution < -0.4 is 5.32 Å². The number of carbonyl (C=O) groups excluding carboxylic acids is 1. The van der Waals surface area contributed by atoms with Crippen molar-refractivity contribution >= 4 is 29.3 Å². The van der Waals surface area contributed by atoms with Crippen molar-refractivity contribution in [3.63, 3.8) is 0 Å². The number of nitrogens with zero attached hydrogens (tertiary/aromatic N) is 1. The van der Waals surface area contributed by atoms with Crippen molar-refractivity contribution in [2.24, 2.45) is 11.3 Å². The molecule has 0 bridgehead atoms. The highest BCUT2D eigenvalue weighted by atomic mass is 35.5. The van der Waals surface area contributed by atoms with Crippen molar-refractivity contribution in [1.29, 1.82) is 0 Å². The van der Waals surface area contributed by atoms with Crippen molar-refractivity contribution in [3.05, 3.63) is 29.3 Å². The lowest BCUT2D eigenvalue weighted by atomic mass is 9.74. The minimum Gasteiger partial charge on any atom is -0.481 e. The number of urea groups is 1. The zero-order valence-corrected chi connectivity index (χ0v) is 12.7. The zero-order valence-electron chi connectivity index (χ0n) is 11.9. The summed E-state index contributed by atoms with van der Waals surface area (Å²) in [6.45, 7) is 1.42. The van der Waals surface area contributed by atoms with Gasteiger partial charge in [0.15, 0.2) is 0 Å². The van der Waals surface area contributed by atoms with Gasteiger partial charge in [-0.3, -0.25) is 4.79 Å². The van der Waals surface area contributed by atoms with Gasteiger partial charge in [-0.15, -0.1) is 0 Å². The normalized spacial score (nSPS) is 27.3. The minimum absolute atomic E-state index is 0.158. The lowest BCUT2D eigenvalue weighted by Gasteiger charge is -2.33. The highest BCUT2D eigenvalue weighted by molar-refractivity contribution is 6.30. The third-order valence-corrected chi connectivity index (χ3v) is 4.77. The standard InChI is InChI=1S/C15H17ClN2O4/c16-11-1-3-12(4-2-11)17-14(21)18-7-10-8-22-6-5-15(10,9-18)13(19)20/h1-4,10H,5-9H2,(H,17,21)(H,19,20)/t10-,15+/m1/s1. The lowest BCUT2D eigenvalue weighted by Crippen LogP contribution is -2.45. The molecule has 0 aliphatic carbocycles. The third-order valence-electron chi connectivity index (χ3n) is 4.52. The molecule has 0 spiro atoms. The van der Waals surface area contributed by atoms with Crippen molar-refractivity contribution < 1.29 is 19.4 Å². The maximum absolute atomic E-state index is 12.4. The lowest BCUT2D eigenvalue weighted by molar-refractivity contribution is -0.157. The molecule has 2 aliphatic heterocycles. The molecule has 2 fully saturated rings. The number of rotatable bonds is 2. The molecule has 2 heterocycles. The monoisotopic (exact) mass is 324 g/mol. The molecule has 2 amide bonds. The highest BCUT2D eigenvalue weighted by Gasteiger charge is 2.54. The molecule has 0 unspecified atom stereocenters. The number of carbonyl (C=O) groups is 2. The summed E-state index contributed by atoms with van der Waals surface area (Å²) in [5.41, 5.74) is -0.250. The summed E-state index contributed by atoms with van der Waals surface area (Å²) in [6.07, 6.45) is 0.442. The predicted octanol–water partition coefficient (Wildman–Crippen LogP) is 2.29. The van der Waals surface area contributed by atoms with Crippen LogP contribution in [0.5, 0.6) is 0 Å². The molecule has 1 aromatic rings. The van der Waals surface area contributed by atoms with E-state index >= 15 is 0 Å². The van der Waals surface area contributed by atoms with E-state index in [4.69, 9.17) is 16.3 Å². The Kier molecular flexibility index (Phi) is 3.97. The van der Waals surface area contributed by atoms with E-state index in [1.54, 1.807) is 29.2 Å². The molecule has 1 aromatic carbocycles. The molecule has 2 N–H and O–H groups in total. The van der Waals surface area contributed by atoms with Gasteiger partial charge in [0.05, 0.1) is 12.0 Å². The van der Waals surface area contributed by atoms with Crippen LogP contribution >= 0.6 is 11.6 Å². The number of benzene rings is 1. The van der Waals surface area contributed by atoms with Gasteiger partial charge in [0.25, 0.3) is 0 Å². The SMILES string of the molecule is O=C(Nc1ccc(Cl)cc1)N1C[C@@H]2COCC[C@]2(C(=O)O)C1. The summed E-state index contributed by atoms with van der Waals surface area (Å²) in [5, 5.41) is 13.0. The Bertz CT molecular complexity index is 592. The van der Waals surface area contributed by atoms with Gasteiger partial charge < -0.3 is 20.1 Å². The first-order valence-electron chi connectivity index (χ1n) is 7.14. The second-order valence-electron chi connectivity index (χ2n) is 5.80. The van der Waals surface area contributed by atoms with E-state index in [0.29, 0.717) is 36.9 Å². The first-order valence-corrected chi connectivity index (χ1v) is 7.52. The van der Waals surface area contributed by atoms with Crippen LogP contribution in [0, 0.1) is 11.3 Å². The summed E-state index contributed by atoms with van der Waals surface area (Å²) < 4.78 is 5.38. The van der Waals surface area contributed by atoms with Gasteiger partial charge in [-0.1, -0.05) is 11.6 Å². The average molecular weight is 325 g/mol. The number of amides is 2. The molecule has 0 aromatic heterocycles. The number of carboxylic acid groups (broad SMARTS) is 1. The largest absolute Gasteiger partial charge is 0.481 e. The zero-order chi connectivity index (χ0) is 15.7. The minimum atomic E-state index is -0.879. The highest BCUT2D eigenvalue weighted by Crippen LogP contribution is 2.42. The number of nitrogens with one attached hydrogen (secondary N) is 1. The fraction of sp³-hybridized carbons (Fsp3) is 0.467. The van der Waals surface area contributed by atoms with Crippen molar-refractivity contribution in [1.82, 2.24) is 4.90 Å². The second-order valence-corrected chi connectivity index (χ2v) is 6.24. The number of hydrogen-bond acceptors (Lipinski definition) is 3. The summed E-state index contributed by atoms with van der Waals surface area (Å²) >= 11 is 5.81. The fourth-order valence-electron chi connectivity index (χ4n) is 3.19. The van der Waals surface area contributed by atoms with E-state index in [2.05, 4.69) is 5.32 Å². The number of halogens is 1. The molecule has 22 heavy (non-hydrogen) atoms. The van der Waals surface area contributed by atoms with Gasteiger partial charge in [0.1, 0.15) is 0 Å². The van der Waals surface area contributed by atoms with Gasteiger partial charge in [0.2, 0.25) is 0 Å². The van der Waals surface area contributed by atoms with E-state index in [1.165, 1.54) is 0 Å². The van der Waals surface area contributed by atoms with Crippen LogP contribution in [0.25, 0.3) is 0 Å². The topological polar surface area (TPSA) is 78.9 Å². The molecule has 2 aliphatic rings. The number of carboxylic acids is 1. The Hall–Kier alpha value is -1.79. The van der Waals surface area contributed by atoms with Crippen LogP contribution in [-0.4, -0.2) is 48.3 Å². The van der Waals surface area contributed by atoms with Gasteiger partial charge in [0, 0.05) is 36.3 Å². The van der Waals surface area contributed by atoms with Crippen LogP contribution in [0.3, 0.4) is 0 Å². The number of anilines is 1. The van der Waals surface area contributed by atoms with Crippen LogP contribution in [0.1, 0.15) is 6.42 Å². The molecule has 2 saturated heterocycles.